The Morgan fingerprint density at radius 1 is 1.06 bits per heavy atom. The van der Waals surface area contributed by atoms with E-state index in [0.29, 0.717) is 13.1 Å². The molecule has 6 nitrogen and oxygen atoms in total. The summed E-state index contributed by atoms with van der Waals surface area (Å²) in [6, 6.07) is 20.1. The molecule has 1 fully saturated rings. The molecule has 4 heterocycles. The second-order valence-electron chi connectivity index (χ2n) is 8.52. The van der Waals surface area contributed by atoms with Gasteiger partial charge in [0, 0.05) is 42.6 Å². The number of nitrogens with zero attached hydrogens (tertiary/aromatic N) is 3. The molecular formula is C26H24N4O2. The lowest BCUT2D eigenvalue weighted by Gasteiger charge is -2.46. The van der Waals surface area contributed by atoms with Crippen molar-refractivity contribution in [2.45, 2.75) is 18.4 Å². The number of ether oxygens (including phenoxy) is 1. The van der Waals surface area contributed by atoms with E-state index in [1.807, 2.05) is 41.3 Å². The smallest absolute Gasteiger partial charge is 0.254 e. The first-order valence-corrected chi connectivity index (χ1v) is 11.0. The molecule has 1 amide bonds. The van der Waals surface area contributed by atoms with Gasteiger partial charge in [-0.1, -0.05) is 18.2 Å². The number of benzene rings is 2. The molecule has 6 rings (SSSR count). The van der Waals surface area contributed by atoms with Crippen molar-refractivity contribution in [2.24, 2.45) is 0 Å². The lowest BCUT2D eigenvalue weighted by atomic mass is 9.82. The van der Waals surface area contributed by atoms with Crippen molar-refractivity contribution in [1.82, 2.24) is 14.5 Å². The van der Waals surface area contributed by atoms with Gasteiger partial charge >= 0.3 is 0 Å². The molecule has 1 N–H and O–H groups in total. The van der Waals surface area contributed by atoms with Crippen molar-refractivity contribution >= 4 is 22.5 Å². The Morgan fingerprint density at radius 3 is 2.75 bits per heavy atom. The van der Waals surface area contributed by atoms with E-state index in [2.05, 4.69) is 45.3 Å². The van der Waals surface area contributed by atoms with Crippen LogP contribution in [-0.2, 0) is 5.54 Å². The third-order valence-corrected chi connectivity index (χ3v) is 6.86. The molecule has 4 aromatic rings. The Kier molecular flexibility index (Phi) is 4.21. The van der Waals surface area contributed by atoms with Gasteiger partial charge in [0.05, 0.1) is 35.1 Å². The molecule has 0 bridgehead atoms. The van der Waals surface area contributed by atoms with Crippen LogP contribution in [0, 0.1) is 0 Å². The Labute approximate surface area is 186 Å². The van der Waals surface area contributed by atoms with Crippen molar-refractivity contribution in [2.75, 3.05) is 25.5 Å². The molecule has 0 atom stereocenters. The molecule has 0 aliphatic carbocycles. The summed E-state index contributed by atoms with van der Waals surface area (Å²) in [5, 5.41) is 4.72. The Morgan fingerprint density at radius 2 is 1.91 bits per heavy atom. The fourth-order valence-electron chi connectivity index (χ4n) is 5.18. The molecular weight excluding hydrogens is 400 g/mol. The van der Waals surface area contributed by atoms with Crippen LogP contribution in [0.5, 0.6) is 5.75 Å². The van der Waals surface area contributed by atoms with Crippen molar-refractivity contribution in [1.29, 1.82) is 0 Å². The van der Waals surface area contributed by atoms with Crippen LogP contribution < -0.4 is 10.1 Å². The standard InChI is InChI=1S/C26H24N4O2/c1-32-18-8-9-23-22(17-18)28-26(24-7-4-14-30(23)24)11-15-29(16-12-26)25(31)20-10-13-27-21-6-3-2-5-19(20)21/h2-10,13-14,17,28H,11-12,15-16H2,1H3. The zero-order valence-electron chi connectivity index (χ0n) is 17.9. The highest BCUT2D eigenvalue weighted by atomic mass is 16.5. The van der Waals surface area contributed by atoms with Crippen molar-refractivity contribution in [3.8, 4) is 11.4 Å². The van der Waals surface area contributed by atoms with E-state index in [4.69, 9.17) is 4.74 Å². The first-order valence-electron chi connectivity index (χ1n) is 11.0. The molecule has 0 radical (unpaired) electrons. The maximum absolute atomic E-state index is 13.4. The number of rotatable bonds is 2. The predicted octanol–water partition coefficient (Wildman–Crippen LogP) is 4.59. The van der Waals surface area contributed by atoms with Gasteiger partial charge in [0.1, 0.15) is 5.75 Å². The molecule has 160 valence electrons. The van der Waals surface area contributed by atoms with Gasteiger partial charge in [-0.2, -0.15) is 0 Å². The lowest BCUT2D eigenvalue weighted by Crippen LogP contribution is -2.51. The number of para-hydroxylation sites is 1. The number of hydrogen-bond acceptors (Lipinski definition) is 4. The number of fused-ring (bicyclic) bond motifs is 5. The molecule has 1 saturated heterocycles. The maximum Gasteiger partial charge on any atom is 0.254 e. The number of likely N-dealkylation sites (tertiary alicyclic amines) is 1. The summed E-state index contributed by atoms with van der Waals surface area (Å²) in [7, 11) is 1.69. The Hall–Kier alpha value is -3.80. The fraction of sp³-hybridized carbons (Fsp3) is 0.231. The number of carbonyl (C=O) groups excluding carboxylic acids is 1. The summed E-state index contributed by atoms with van der Waals surface area (Å²) < 4.78 is 7.71. The fourth-order valence-corrected chi connectivity index (χ4v) is 5.18. The highest BCUT2D eigenvalue weighted by Gasteiger charge is 2.42. The normalized spacial score (nSPS) is 16.3. The molecule has 6 heteroatoms. The SMILES string of the molecule is COc1ccc2c(c1)NC1(CCN(C(=O)c3ccnc4ccccc34)CC1)c1cccn1-2. The molecule has 0 saturated carbocycles. The molecule has 2 aliphatic heterocycles. The minimum Gasteiger partial charge on any atom is -0.497 e. The van der Waals surface area contributed by atoms with E-state index in [-0.39, 0.29) is 11.4 Å². The highest BCUT2D eigenvalue weighted by molar-refractivity contribution is 6.06. The third kappa shape index (κ3) is 2.79. The van der Waals surface area contributed by atoms with Crippen molar-refractivity contribution in [3.63, 3.8) is 0 Å². The van der Waals surface area contributed by atoms with Gasteiger partial charge in [0.15, 0.2) is 0 Å². The van der Waals surface area contributed by atoms with Crippen LogP contribution >= 0.6 is 0 Å². The number of methoxy groups -OCH3 is 1. The lowest BCUT2D eigenvalue weighted by molar-refractivity contribution is 0.0678. The minimum absolute atomic E-state index is 0.0757. The summed E-state index contributed by atoms with van der Waals surface area (Å²) in [5.41, 5.74) is 4.80. The Bertz CT molecular complexity index is 1330. The topological polar surface area (TPSA) is 59.4 Å². The van der Waals surface area contributed by atoms with Crippen LogP contribution in [0.25, 0.3) is 16.6 Å². The number of amides is 1. The number of anilines is 1. The van der Waals surface area contributed by atoms with Gasteiger partial charge in [-0.05, 0) is 49.2 Å². The van der Waals surface area contributed by atoms with E-state index in [0.717, 1.165) is 46.4 Å². The molecule has 0 unspecified atom stereocenters. The van der Waals surface area contributed by atoms with Gasteiger partial charge in [0.2, 0.25) is 0 Å². The zero-order valence-corrected chi connectivity index (χ0v) is 17.9. The average molecular weight is 425 g/mol. The van der Waals surface area contributed by atoms with E-state index in [1.165, 1.54) is 5.69 Å². The number of aromatic nitrogens is 2. The Balaban J connectivity index is 1.30. The van der Waals surface area contributed by atoms with Crippen LogP contribution in [0.3, 0.4) is 0 Å². The number of carbonyl (C=O) groups is 1. The minimum atomic E-state index is -0.208. The van der Waals surface area contributed by atoms with Gasteiger partial charge < -0.3 is 19.5 Å². The van der Waals surface area contributed by atoms with Crippen molar-refractivity contribution in [3.05, 3.63) is 84.3 Å². The third-order valence-electron chi connectivity index (χ3n) is 6.86. The van der Waals surface area contributed by atoms with Gasteiger partial charge in [-0.25, -0.2) is 0 Å². The summed E-state index contributed by atoms with van der Waals surface area (Å²) in [4.78, 5) is 19.8. The van der Waals surface area contributed by atoms with Gasteiger partial charge in [-0.15, -0.1) is 0 Å². The molecule has 32 heavy (non-hydrogen) atoms. The quantitative estimate of drug-likeness (QED) is 0.511. The van der Waals surface area contributed by atoms with Gasteiger partial charge in [-0.3, -0.25) is 9.78 Å². The van der Waals surface area contributed by atoms with Crippen LogP contribution in [0.2, 0.25) is 0 Å². The van der Waals surface area contributed by atoms with E-state index >= 15 is 0 Å². The summed E-state index contributed by atoms with van der Waals surface area (Å²) in [6.45, 7) is 1.37. The molecule has 2 aromatic carbocycles. The van der Waals surface area contributed by atoms with Gasteiger partial charge in [0.25, 0.3) is 5.91 Å². The van der Waals surface area contributed by atoms with E-state index < -0.39 is 0 Å². The summed E-state index contributed by atoms with van der Waals surface area (Å²) in [6.07, 6.45) is 5.51. The van der Waals surface area contributed by atoms with Crippen molar-refractivity contribution < 1.29 is 9.53 Å². The second kappa shape index (κ2) is 7.12. The van der Waals surface area contributed by atoms with Crippen LogP contribution in [0.4, 0.5) is 5.69 Å². The predicted molar refractivity (Wildman–Crippen MR) is 125 cm³/mol. The summed E-state index contributed by atoms with van der Waals surface area (Å²) in [5.74, 6) is 0.908. The molecule has 2 aromatic heterocycles. The highest BCUT2D eigenvalue weighted by Crippen LogP contribution is 2.44. The number of piperidine rings is 1. The average Bonchev–Trinajstić information content (AvgIpc) is 3.35. The van der Waals surface area contributed by atoms with Crippen LogP contribution in [0.1, 0.15) is 28.9 Å². The number of hydrogen-bond donors (Lipinski definition) is 1. The van der Waals surface area contributed by atoms with E-state index in [1.54, 1.807) is 13.3 Å². The number of pyridine rings is 1. The first-order chi connectivity index (χ1) is 15.7. The molecule has 1 spiro atoms. The number of nitrogens with one attached hydrogen (secondary N) is 1. The monoisotopic (exact) mass is 424 g/mol. The van der Waals surface area contributed by atoms with Crippen LogP contribution in [0.15, 0.2) is 73.1 Å². The largest absolute Gasteiger partial charge is 0.497 e. The first kappa shape index (κ1) is 18.9. The summed E-state index contributed by atoms with van der Waals surface area (Å²) >= 11 is 0. The van der Waals surface area contributed by atoms with E-state index in [9.17, 15) is 4.79 Å². The molecule has 2 aliphatic rings. The van der Waals surface area contributed by atoms with Crippen LogP contribution in [-0.4, -0.2) is 40.6 Å². The zero-order chi connectivity index (χ0) is 21.7. The maximum atomic E-state index is 13.4. The second-order valence-corrected chi connectivity index (χ2v) is 8.52.